The Morgan fingerprint density at radius 2 is 1.60 bits per heavy atom. The fourth-order valence-corrected chi connectivity index (χ4v) is 2.87. The fraction of sp³-hybridized carbons (Fsp3) is 0.174. The molecule has 3 rings (SSSR count). The first-order chi connectivity index (χ1) is 14.6. The second-order valence-corrected chi connectivity index (χ2v) is 6.55. The van der Waals surface area contributed by atoms with Gasteiger partial charge in [0.1, 0.15) is 11.5 Å². The predicted octanol–water partition coefficient (Wildman–Crippen LogP) is 3.92. The number of nitrogens with one attached hydrogen (secondary N) is 2. The summed E-state index contributed by atoms with van der Waals surface area (Å²) >= 11 is 0. The summed E-state index contributed by atoms with van der Waals surface area (Å²) in [7, 11) is 3.18. The summed E-state index contributed by atoms with van der Waals surface area (Å²) in [6.45, 7) is 0. The van der Waals surface area contributed by atoms with Crippen molar-refractivity contribution in [2.45, 2.75) is 12.8 Å². The van der Waals surface area contributed by atoms with Crippen LogP contribution in [0, 0.1) is 0 Å². The number of amides is 2. The molecule has 2 N–H and O–H groups in total. The maximum atomic E-state index is 12.4. The molecule has 0 saturated carbocycles. The highest BCUT2D eigenvalue weighted by Gasteiger charge is 2.09. The van der Waals surface area contributed by atoms with Gasteiger partial charge >= 0.3 is 0 Å². The fourth-order valence-electron chi connectivity index (χ4n) is 2.87. The van der Waals surface area contributed by atoms with Crippen LogP contribution < -0.4 is 20.1 Å². The minimum Gasteiger partial charge on any atom is -0.497 e. The lowest BCUT2D eigenvalue weighted by Gasteiger charge is -2.10. The molecule has 0 saturated heterocycles. The van der Waals surface area contributed by atoms with E-state index < -0.39 is 0 Å². The van der Waals surface area contributed by atoms with Crippen LogP contribution in [0.3, 0.4) is 0 Å². The minimum atomic E-state index is -0.265. The van der Waals surface area contributed by atoms with Gasteiger partial charge in [-0.15, -0.1) is 0 Å². The van der Waals surface area contributed by atoms with Crippen molar-refractivity contribution in [3.05, 3.63) is 78.1 Å². The lowest BCUT2D eigenvalue weighted by molar-refractivity contribution is -0.116. The van der Waals surface area contributed by atoms with E-state index in [2.05, 4.69) is 15.6 Å². The SMILES string of the molecule is COc1cc(CCC(=O)Nc2cccc(NC(=O)c3cccnc3)c2)cc(OC)c1. The highest BCUT2D eigenvalue weighted by atomic mass is 16.5. The van der Waals surface area contributed by atoms with Crippen molar-refractivity contribution in [3.63, 3.8) is 0 Å². The van der Waals surface area contributed by atoms with Gasteiger partial charge in [-0.05, 0) is 54.4 Å². The van der Waals surface area contributed by atoms with Crippen molar-refractivity contribution in [1.29, 1.82) is 0 Å². The molecule has 0 aliphatic heterocycles. The van der Waals surface area contributed by atoms with Crippen molar-refractivity contribution in [3.8, 4) is 11.5 Å². The van der Waals surface area contributed by atoms with Gasteiger partial charge in [0.05, 0.1) is 19.8 Å². The Morgan fingerprint density at radius 1 is 0.900 bits per heavy atom. The number of methoxy groups -OCH3 is 2. The second-order valence-electron chi connectivity index (χ2n) is 6.55. The second kappa shape index (κ2) is 10.1. The normalized spacial score (nSPS) is 10.2. The van der Waals surface area contributed by atoms with Gasteiger partial charge in [0, 0.05) is 36.3 Å². The van der Waals surface area contributed by atoms with E-state index in [1.807, 2.05) is 12.1 Å². The molecule has 0 unspecified atom stereocenters. The number of pyridine rings is 1. The van der Waals surface area contributed by atoms with E-state index in [0.717, 1.165) is 5.56 Å². The third-order valence-corrected chi connectivity index (χ3v) is 4.38. The van der Waals surface area contributed by atoms with E-state index in [1.54, 1.807) is 62.9 Å². The molecular weight excluding hydrogens is 382 g/mol. The van der Waals surface area contributed by atoms with Gasteiger partial charge in [0.2, 0.25) is 5.91 Å². The van der Waals surface area contributed by atoms with Crippen molar-refractivity contribution in [2.75, 3.05) is 24.9 Å². The molecule has 1 aromatic heterocycles. The van der Waals surface area contributed by atoms with Crippen LogP contribution in [0.2, 0.25) is 0 Å². The van der Waals surface area contributed by atoms with Gasteiger partial charge in [0.15, 0.2) is 0 Å². The number of nitrogens with zero attached hydrogens (tertiary/aromatic N) is 1. The van der Waals surface area contributed by atoms with E-state index in [0.29, 0.717) is 41.3 Å². The third-order valence-electron chi connectivity index (χ3n) is 4.38. The van der Waals surface area contributed by atoms with E-state index in [4.69, 9.17) is 9.47 Å². The Hall–Kier alpha value is -3.87. The number of aromatic nitrogens is 1. The van der Waals surface area contributed by atoms with Crippen molar-refractivity contribution in [2.24, 2.45) is 0 Å². The number of benzene rings is 2. The van der Waals surface area contributed by atoms with Gasteiger partial charge in [-0.1, -0.05) is 6.07 Å². The average molecular weight is 405 g/mol. The number of hydrogen-bond donors (Lipinski definition) is 2. The topological polar surface area (TPSA) is 89.6 Å². The zero-order chi connectivity index (χ0) is 21.3. The van der Waals surface area contributed by atoms with Crippen LogP contribution in [0.4, 0.5) is 11.4 Å². The Labute approximate surface area is 175 Å². The van der Waals surface area contributed by atoms with Gasteiger partial charge < -0.3 is 20.1 Å². The predicted molar refractivity (Wildman–Crippen MR) is 115 cm³/mol. The number of carbonyl (C=O) groups is 2. The Morgan fingerprint density at radius 3 is 2.23 bits per heavy atom. The molecule has 0 fully saturated rings. The monoisotopic (exact) mass is 405 g/mol. The first-order valence-corrected chi connectivity index (χ1v) is 9.40. The number of carbonyl (C=O) groups excluding carboxylic acids is 2. The standard InChI is InChI=1S/C23H23N3O4/c1-29-20-11-16(12-21(14-20)30-2)8-9-22(27)25-18-6-3-7-19(13-18)26-23(28)17-5-4-10-24-15-17/h3-7,10-15H,8-9H2,1-2H3,(H,25,27)(H,26,28). The molecule has 30 heavy (non-hydrogen) atoms. The maximum Gasteiger partial charge on any atom is 0.257 e. The number of hydrogen-bond acceptors (Lipinski definition) is 5. The number of rotatable bonds is 8. The average Bonchev–Trinajstić information content (AvgIpc) is 2.78. The van der Waals surface area contributed by atoms with Gasteiger partial charge in [-0.25, -0.2) is 0 Å². The Kier molecular flexibility index (Phi) is 7.00. The van der Waals surface area contributed by atoms with Crippen LogP contribution in [0.25, 0.3) is 0 Å². The molecule has 0 bridgehead atoms. The zero-order valence-corrected chi connectivity index (χ0v) is 16.8. The van der Waals surface area contributed by atoms with Crippen LogP contribution in [0.5, 0.6) is 11.5 Å². The largest absolute Gasteiger partial charge is 0.497 e. The summed E-state index contributed by atoms with van der Waals surface area (Å²) in [5.74, 6) is 0.967. The van der Waals surface area contributed by atoms with Crippen molar-refractivity contribution in [1.82, 2.24) is 4.98 Å². The van der Waals surface area contributed by atoms with E-state index in [1.165, 1.54) is 6.20 Å². The molecule has 7 heteroatoms. The lowest BCUT2D eigenvalue weighted by Crippen LogP contribution is -2.14. The molecular formula is C23H23N3O4. The number of aryl methyl sites for hydroxylation is 1. The Balaban J connectivity index is 1.58. The van der Waals surface area contributed by atoms with Crippen molar-refractivity contribution < 1.29 is 19.1 Å². The summed E-state index contributed by atoms with van der Waals surface area (Å²) in [6, 6.07) is 15.9. The maximum absolute atomic E-state index is 12.4. The minimum absolute atomic E-state index is 0.132. The van der Waals surface area contributed by atoms with Gasteiger partial charge in [0.25, 0.3) is 5.91 Å². The first-order valence-electron chi connectivity index (χ1n) is 9.40. The van der Waals surface area contributed by atoms with Crippen LogP contribution in [0.1, 0.15) is 22.3 Å². The molecule has 3 aromatic rings. The molecule has 7 nitrogen and oxygen atoms in total. The van der Waals surface area contributed by atoms with E-state index >= 15 is 0 Å². The van der Waals surface area contributed by atoms with Gasteiger partial charge in [-0.2, -0.15) is 0 Å². The van der Waals surface area contributed by atoms with Crippen LogP contribution in [-0.4, -0.2) is 31.0 Å². The summed E-state index contributed by atoms with van der Waals surface area (Å²) < 4.78 is 10.5. The highest BCUT2D eigenvalue weighted by Crippen LogP contribution is 2.23. The van der Waals surface area contributed by atoms with Gasteiger partial charge in [-0.3, -0.25) is 14.6 Å². The molecule has 2 aromatic carbocycles. The van der Waals surface area contributed by atoms with Crippen molar-refractivity contribution >= 4 is 23.2 Å². The first kappa shape index (κ1) is 20.9. The lowest BCUT2D eigenvalue weighted by atomic mass is 10.1. The Bertz CT molecular complexity index is 1000. The number of anilines is 2. The van der Waals surface area contributed by atoms with Crippen LogP contribution in [-0.2, 0) is 11.2 Å². The highest BCUT2D eigenvalue weighted by molar-refractivity contribution is 6.04. The molecule has 0 spiro atoms. The molecule has 1 heterocycles. The van der Waals surface area contributed by atoms with E-state index in [-0.39, 0.29) is 11.8 Å². The molecule has 2 amide bonds. The quantitative estimate of drug-likeness (QED) is 0.593. The summed E-state index contributed by atoms with van der Waals surface area (Å²) in [5.41, 5.74) is 2.59. The molecule has 154 valence electrons. The van der Waals surface area contributed by atoms with Crippen LogP contribution >= 0.6 is 0 Å². The van der Waals surface area contributed by atoms with Crippen LogP contribution in [0.15, 0.2) is 67.0 Å². The molecule has 0 aliphatic rings. The molecule has 0 radical (unpaired) electrons. The molecule has 0 aliphatic carbocycles. The zero-order valence-electron chi connectivity index (χ0n) is 16.8. The molecule has 0 atom stereocenters. The smallest absolute Gasteiger partial charge is 0.257 e. The summed E-state index contributed by atoms with van der Waals surface area (Å²) in [4.78, 5) is 28.6. The summed E-state index contributed by atoms with van der Waals surface area (Å²) in [6.07, 6.45) is 3.93. The third kappa shape index (κ3) is 5.81. The van der Waals surface area contributed by atoms with E-state index in [9.17, 15) is 9.59 Å². The summed E-state index contributed by atoms with van der Waals surface area (Å²) in [5, 5.41) is 5.65. The number of ether oxygens (including phenoxy) is 2.